The first kappa shape index (κ1) is 32.2. The molecule has 2 aliphatic rings. The molecule has 0 N–H and O–H groups in total. The highest BCUT2D eigenvalue weighted by Gasteiger charge is 2.45. The third-order valence-corrected chi connectivity index (χ3v) is 14.2. The molecule has 1 fully saturated rings. The van der Waals surface area contributed by atoms with Crippen molar-refractivity contribution in [2.24, 2.45) is 5.41 Å². The Bertz CT molecular complexity index is 1220. The van der Waals surface area contributed by atoms with Gasteiger partial charge in [-0.2, -0.15) is 13.2 Å². The van der Waals surface area contributed by atoms with Crippen LogP contribution in [0.15, 0.2) is 24.3 Å². The lowest BCUT2D eigenvalue weighted by Gasteiger charge is -2.46. The van der Waals surface area contributed by atoms with Crippen molar-refractivity contribution in [2.45, 2.75) is 142 Å². The molecule has 1 heterocycles. The molecule has 0 bridgehead atoms. The predicted octanol–water partition coefficient (Wildman–Crippen LogP) is 11.4. The Morgan fingerprint density at radius 2 is 1.54 bits per heavy atom. The Morgan fingerprint density at radius 1 is 0.951 bits per heavy atom. The van der Waals surface area contributed by atoms with E-state index >= 15 is 4.39 Å². The van der Waals surface area contributed by atoms with Gasteiger partial charge in [-0.25, -0.2) is 4.39 Å². The van der Waals surface area contributed by atoms with E-state index in [1.54, 1.807) is 0 Å². The van der Waals surface area contributed by atoms with Crippen LogP contribution < -0.4 is 0 Å². The van der Waals surface area contributed by atoms with E-state index in [2.05, 4.69) is 47.7 Å². The molecule has 228 valence electrons. The van der Waals surface area contributed by atoms with Gasteiger partial charge >= 0.3 is 6.18 Å². The van der Waals surface area contributed by atoms with Crippen LogP contribution in [0, 0.1) is 5.41 Å². The molecule has 0 aliphatic heterocycles. The van der Waals surface area contributed by atoms with E-state index < -0.39 is 26.2 Å². The Morgan fingerprint density at radius 3 is 2.05 bits per heavy atom. The number of nitrogens with zero attached hydrogens (tertiary/aromatic N) is 1. The van der Waals surface area contributed by atoms with E-state index in [4.69, 9.17) is 9.41 Å². The molecule has 1 saturated carbocycles. The van der Waals surface area contributed by atoms with Gasteiger partial charge in [-0.1, -0.05) is 79.9 Å². The highest BCUT2D eigenvalue weighted by Crippen LogP contribution is 2.53. The summed E-state index contributed by atoms with van der Waals surface area (Å²) in [6.45, 7) is 19.9. The summed E-state index contributed by atoms with van der Waals surface area (Å²) in [5.74, 6) is 0.155. The number of rotatable bonds is 6. The van der Waals surface area contributed by atoms with Crippen LogP contribution in [0.5, 0.6) is 0 Å². The fourth-order valence-electron chi connectivity index (χ4n) is 6.51. The maximum atomic E-state index is 17.0. The van der Waals surface area contributed by atoms with Crippen LogP contribution in [-0.2, 0) is 17.0 Å². The average Bonchev–Trinajstić information content (AvgIpc) is 2.85. The summed E-state index contributed by atoms with van der Waals surface area (Å²) in [4.78, 5) is 5.23. The first-order valence-corrected chi connectivity index (χ1v) is 18.3. The number of hydrogen-bond donors (Lipinski definition) is 0. The van der Waals surface area contributed by atoms with Gasteiger partial charge in [-0.15, -0.1) is 0 Å². The normalized spacial score (nSPS) is 21.2. The lowest BCUT2D eigenvalue weighted by atomic mass is 9.69. The zero-order valence-corrected chi connectivity index (χ0v) is 27.4. The third kappa shape index (κ3) is 6.76. The van der Waals surface area contributed by atoms with Gasteiger partial charge in [-0.3, -0.25) is 4.98 Å². The molecule has 41 heavy (non-hydrogen) atoms. The zero-order chi connectivity index (χ0) is 30.5. The van der Waals surface area contributed by atoms with E-state index in [-0.39, 0.29) is 34.0 Å². The molecule has 0 amide bonds. The molecule has 7 heteroatoms. The minimum Gasteiger partial charge on any atom is -0.410 e. The summed E-state index contributed by atoms with van der Waals surface area (Å²) in [5.41, 5.74) is 3.93. The monoisotopic (exact) mass is 591 g/mol. The van der Waals surface area contributed by atoms with Gasteiger partial charge in [0.2, 0.25) is 0 Å². The highest BCUT2D eigenvalue weighted by molar-refractivity contribution is 6.74. The van der Waals surface area contributed by atoms with Gasteiger partial charge in [0.1, 0.15) is 0 Å². The molecule has 2 aliphatic carbocycles. The molecule has 1 aromatic heterocycles. The second-order valence-electron chi connectivity index (χ2n) is 15.1. The molecule has 0 unspecified atom stereocenters. The topological polar surface area (TPSA) is 22.1 Å². The van der Waals surface area contributed by atoms with Crippen molar-refractivity contribution < 1.29 is 22.0 Å². The van der Waals surface area contributed by atoms with E-state index in [0.29, 0.717) is 5.56 Å². The van der Waals surface area contributed by atoms with E-state index in [0.717, 1.165) is 73.2 Å². The lowest BCUT2D eigenvalue weighted by Crippen LogP contribution is -2.44. The molecule has 0 saturated heterocycles. The number of halogens is 4. The van der Waals surface area contributed by atoms with Gasteiger partial charge in [-0.05, 0) is 84.3 Å². The van der Waals surface area contributed by atoms with Crippen molar-refractivity contribution >= 4 is 8.32 Å². The number of benzene rings is 1. The van der Waals surface area contributed by atoms with E-state index in [9.17, 15) is 13.2 Å². The molecular weight excluding hydrogens is 542 g/mol. The predicted molar refractivity (Wildman–Crippen MR) is 162 cm³/mol. The zero-order valence-electron chi connectivity index (χ0n) is 26.4. The summed E-state index contributed by atoms with van der Waals surface area (Å²) in [6.07, 6.45) is 0.756. The Labute approximate surface area is 245 Å². The molecule has 1 aromatic carbocycles. The number of hydrogen-bond acceptors (Lipinski definition) is 2. The molecule has 0 radical (unpaired) electrons. The van der Waals surface area contributed by atoms with Crippen molar-refractivity contribution in [3.8, 4) is 0 Å². The number of pyridine rings is 1. The number of fused-ring (bicyclic) bond motifs is 1. The lowest BCUT2D eigenvalue weighted by molar-refractivity contribution is -0.137. The smallest absolute Gasteiger partial charge is 0.410 e. The van der Waals surface area contributed by atoms with Crippen LogP contribution in [0.25, 0.3) is 0 Å². The minimum atomic E-state index is -4.46. The Hall–Kier alpha value is -1.73. The SMILES string of the molecule is CC(C)c1nc2c(c(C3CCCCC3)c1[C@@H](F)c1ccc(C(F)(F)F)cc1)[C@@H](O[Si](C)(C)C(C)(C)C)CC(C)(C)C2. The number of alkyl halides is 4. The highest BCUT2D eigenvalue weighted by atomic mass is 28.4. The molecule has 4 rings (SSSR count). The van der Waals surface area contributed by atoms with Gasteiger partial charge in [0.25, 0.3) is 0 Å². The summed E-state index contributed by atoms with van der Waals surface area (Å²) >= 11 is 0. The van der Waals surface area contributed by atoms with Gasteiger partial charge in [0.15, 0.2) is 14.5 Å². The van der Waals surface area contributed by atoms with Crippen LogP contribution in [0.2, 0.25) is 18.1 Å². The van der Waals surface area contributed by atoms with Crippen molar-refractivity contribution in [1.82, 2.24) is 4.98 Å². The quantitative estimate of drug-likeness (QED) is 0.246. The number of aromatic nitrogens is 1. The van der Waals surface area contributed by atoms with Crippen molar-refractivity contribution in [1.29, 1.82) is 0 Å². The minimum absolute atomic E-state index is 0.0107. The van der Waals surface area contributed by atoms with Gasteiger partial charge in [0, 0.05) is 22.5 Å². The third-order valence-electron chi connectivity index (χ3n) is 9.72. The summed E-state index contributed by atoms with van der Waals surface area (Å²) in [5, 5.41) is 0.0107. The van der Waals surface area contributed by atoms with Gasteiger partial charge < -0.3 is 4.43 Å². The van der Waals surface area contributed by atoms with Crippen LogP contribution in [0.4, 0.5) is 17.6 Å². The van der Waals surface area contributed by atoms with E-state index in [1.165, 1.54) is 18.6 Å². The summed E-state index contributed by atoms with van der Waals surface area (Å²) in [6, 6.07) is 4.59. The maximum absolute atomic E-state index is 17.0. The van der Waals surface area contributed by atoms with Crippen molar-refractivity contribution in [3.63, 3.8) is 0 Å². The molecular formula is C34H49F4NOSi. The van der Waals surface area contributed by atoms with Crippen LogP contribution in [-0.4, -0.2) is 13.3 Å². The largest absolute Gasteiger partial charge is 0.416 e. The molecule has 2 aromatic rings. The molecule has 0 spiro atoms. The Kier molecular flexibility index (Phi) is 8.95. The Balaban J connectivity index is 1.98. The van der Waals surface area contributed by atoms with E-state index in [1.807, 2.05) is 13.8 Å². The van der Waals surface area contributed by atoms with Crippen molar-refractivity contribution in [2.75, 3.05) is 0 Å². The fourth-order valence-corrected chi connectivity index (χ4v) is 7.77. The van der Waals surface area contributed by atoms with Crippen LogP contribution >= 0.6 is 0 Å². The average molecular weight is 592 g/mol. The fraction of sp³-hybridized carbons (Fsp3) is 0.676. The first-order chi connectivity index (χ1) is 18.8. The summed E-state index contributed by atoms with van der Waals surface area (Å²) < 4.78 is 64.1. The summed E-state index contributed by atoms with van der Waals surface area (Å²) in [7, 11) is -2.19. The second-order valence-corrected chi connectivity index (χ2v) is 19.8. The second kappa shape index (κ2) is 11.4. The first-order valence-electron chi connectivity index (χ1n) is 15.4. The standard InChI is InChI=1S/C34H49F4NOSi/c1-21(2)31-29(30(35)23-15-17-24(18-16-23)34(36,37)38)27(22-13-11-10-12-14-22)28-25(39-31)19-33(6,7)20-26(28)40-41(8,9)32(3,4)5/h15-18,21-22,26,30H,10-14,19-20H2,1-9H3/t26-,30-/m0/s1. The maximum Gasteiger partial charge on any atom is 0.416 e. The van der Waals surface area contributed by atoms with Crippen LogP contribution in [0.1, 0.15) is 150 Å². The van der Waals surface area contributed by atoms with Crippen molar-refractivity contribution in [3.05, 3.63) is 63.5 Å². The van der Waals surface area contributed by atoms with Crippen LogP contribution in [0.3, 0.4) is 0 Å². The molecule has 2 nitrogen and oxygen atoms in total. The van der Waals surface area contributed by atoms with Gasteiger partial charge in [0.05, 0.1) is 11.7 Å². The molecule has 2 atom stereocenters.